The maximum absolute atomic E-state index is 14.6. The Balaban J connectivity index is 1.64. The zero-order chi connectivity index (χ0) is 26.2. The molecular weight excluding hydrogens is 467 g/mol. The van der Waals surface area contributed by atoms with Crippen molar-refractivity contribution in [3.05, 3.63) is 77.2 Å². The van der Waals surface area contributed by atoms with E-state index in [2.05, 4.69) is 10.3 Å². The summed E-state index contributed by atoms with van der Waals surface area (Å²) in [5, 5.41) is 2.74. The number of rotatable bonds is 6. The van der Waals surface area contributed by atoms with Gasteiger partial charge in [0.05, 0.1) is 16.7 Å². The Morgan fingerprint density at radius 1 is 1.14 bits per heavy atom. The summed E-state index contributed by atoms with van der Waals surface area (Å²) in [4.78, 5) is 42.1. The predicted octanol–water partition coefficient (Wildman–Crippen LogP) is 3.71. The van der Waals surface area contributed by atoms with Gasteiger partial charge in [0.2, 0.25) is 11.8 Å². The number of primary amides is 1. The molecule has 1 aromatic heterocycles. The van der Waals surface area contributed by atoms with Crippen molar-refractivity contribution in [3.63, 3.8) is 0 Å². The number of aromatic nitrogens is 1. The fourth-order valence-electron chi connectivity index (χ4n) is 4.04. The van der Waals surface area contributed by atoms with Crippen LogP contribution in [-0.4, -0.2) is 47.3 Å². The number of nitrogens with two attached hydrogens (primary N) is 1. The van der Waals surface area contributed by atoms with E-state index < -0.39 is 35.1 Å². The van der Waals surface area contributed by atoms with Crippen molar-refractivity contribution in [3.8, 4) is 17.2 Å². The van der Waals surface area contributed by atoms with Gasteiger partial charge in [-0.1, -0.05) is 6.07 Å². The summed E-state index contributed by atoms with van der Waals surface area (Å²) in [5.74, 6) is -1.89. The molecule has 0 saturated heterocycles. The van der Waals surface area contributed by atoms with Gasteiger partial charge in [-0.25, -0.2) is 9.37 Å². The largest absolute Gasteiger partial charge is 0.486 e. The van der Waals surface area contributed by atoms with Crippen molar-refractivity contribution in [1.29, 1.82) is 0 Å². The first-order chi connectivity index (χ1) is 17.0. The second-order valence-corrected chi connectivity index (χ2v) is 9.04. The predicted molar refractivity (Wildman–Crippen MR) is 130 cm³/mol. The number of amides is 3. The van der Waals surface area contributed by atoms with Gasteiger partial charge in [0.15, 0.2) is 0 Å². The topological polar surface area (TPSA) is 124 Å². The maximum Gasteiger partial charge on any atom is 0.256 e. The van der Waals surface area contributed by atoms with E-state index in [-0.39, 0.29) is 22.7 Å². The molecule has 9 nitrogen and oxygen atoms in total. The van der Waals surface area contributed by atoms with Crippen LogP contribution in [-0.2, 0) is 4.79 Å². The molecule has 2 aromatic carbocycles. The van der Waals surface area contributed by atoms with Crippen molar-refractivity contribution in [2.45, 2.75) is 25.4 Å². The number of benzene rings is 2. The lowest BCUT2D eigenvalue weighted by atomic mass is 9.85. The molecule has 2 heterocycles. The normalized spacial score (nSPS) is 15.4. The lowest BCUT2D eigenvalue weighted by molar-refractivity contribution is -0.120. The Hall–Kier alpha value is -4.47. The number of nitrogens with zero attached hydrogens (tertiary/aromatic N) is 2. The number of ether oxygens (including phenoxy) is 2. The van der Waals surface area contributed by atoms with Gasteiger partial charge in [0.25, 0.3) is 5.91 Å². The average molecular weight is 493 g/mol. The highest BCUT2D eigenvalue weighted by molar-refractivity contribution is 5.98. The molecule has 4 rings (SSSR count). The van der Waals surface area contributed by atoms with Crippen LogP contribution < -0.4 is 20.5 Å². The van der Waals surface area contributed by atoms with Crippen LogP contribution in [0, 0.1) is 5.82 Å². The molecule has 1 atom stereocenters. The molecule has 36 heavy (non-hydrogen) atoms. The first-order valence-corrected chi connectivity index (χ1v) is 11.1. The third-order valence-corrected chi connectivity index (χ3v) is 5.75. The number of pyridine rings is 1. The summed E-state index contributed by atoms with van der Waals surface area (Å²) in [7, 11) is 3.07. The Bertz CT molecular complexity index is 1350. The van der Waals surface area contributed by atoms with Crippen LogP contribution in [0.1, 0.15) is 46.0 Å². The fraction of sp³-hybridized carbons (Fsp3) is 0.231. The molecule has 0 aliphatic carbocycles. The maximum atomic E-state index is 14.6. The molecule has 0 radical (unpaired) electrons. The Kier molecular flexibility index (Phi) is 6.36. The molecule has 3 N–H and O–H groups in total. The van der Waals surface area contributed by atoms with Gasteiger partial charge in [0, 0.05) is 26.4 Å². The SMILES string of the molecule is CN(C)C(=O)c1ccc(Oc2cccc3c2C(C(=O)Nc2ccc(C(N)=O)cn2)C(C)(C)O3)cc1F. The highest BCUT2D eigenvalue weighted by Gasteiger charge is 2.48. The van der Waals surface area contributed by atoms with Gasteiger partial charge < -0.3 is 25.4 Å². The number of carbonyl (C=O) groups is 3. The monoisotopic (exact) mass is 492 g/mol. The van der Waals surface area contributed by atoms with E-state index in [1.54, 1.807) is 32.0 Å². The molecule has 0 spiro atoms. The number of hydrogen-bond donors (Lipinski definition) is 2. The second-order valence-electron chi connectivity index (χ2n) is 9.04. The number of halogens is 1. The minimum absolute atomic E-state index is 0.0813. The van der Waals surface area contributed by atoms with Gasteiger partial charge in [-0.05, 0) is 50.2 Å². The van der Waals surface area contributed by atoms with Crippen LogP contribution >= 0.6 is 0 Å². The van der Waals surface area contributed by atoms with Crippen molar-refractivity contribution in [2.75, 3.05) is 19.4 Å². The summed E-state index contributed by atoms with van der Waals surface area (Å²) in [6, 6.07) is 12.0. The van der Waals surface area contributed by atoms with Gasteiger partial charge in [-0.3, -0.25) is 14.4 Å². The summed E-state index contributed by atoms with van der Waals surface area (Å²) in [6.45, 7) is 3.54. The molecule has 3 amide bonds. The molecule has 0 fully saturated rings. The van der Waals surface area contributed by atoms with Crippen molar-refractivity contribution in [2.24, 2.45) is 5.73 Å². The molecular formula is C26H25FN4O5. The van der Waals surface area contributed by atoms with Gasteiger partial charge in [0.1, 0.15) is 40.4 Å². The molecule has 1 unspecified atom stereocenters. The second kappa shape index (κ2) is 9.29. The summed E-state index contributed by atoms with van der Waals surface area (Å²) >= 11 is 0. The molecule has 1 aliphatic heterocycles. The molecule has 10 heteroatoms. The van der Waals surface area contributed by atoms with Gasteiger partial charge in [-0.2, -0.15) is 0 Å². The lowest BCUT2D eigenvalue weighted by Gasteiger charge is -2.25. The van der Waals surface area contributed by atoms with E-state index in [4.69, 9.17) is 15.2 Å². The van der Waals surface area contributed by atoms with E-state index in [0.29, 0.717) is 17.1 Å². The van der Waals surface area contributed by atoms with Crippen molar-refractivity contribution < 1.29 is 28.2 Å². The zero-order valence-electron chi connectivity index (χ0n) is 20.2. The quantitative estimate of drug-likeness (QED) is 0.541. The van der Waals surface area contributed by atoms with Crippen molar-refractivity contribution >= 4 is 23.5 Å². The first kappa shape index (κ1) is 24.6. The smallest absolute Gasteiger partial charge is 0.256 e. The van der Waals surface area contributed by atoms with E-state index in [1.165, 1.54) is 49.5 Å². The van der Waals surface area contributed by atoms with Crippen molar-refractivity contribution in [1.82, 2.24) is 9.88 Å². The van der Waals surface area contributed by atoms with Crippen LogP contribution in [0.3, 0.4) is 0 Å². The summed E-state index contributed by atoms with van der Waals surface area (Å²) < 4.78 is 26.7. The van der Waals surface area contributed by atoms with Crippen LogP contribution in [0.4, 0.5) is 10.2 Å². The number of hydrogen-bond acceptors (Lipinski definition) is 6. The summed E-state index contributed by atoms with van der Waals surface area (Å²) in [6.07, 6.45) is 1.27. The summed E-state index contributed by atoms with van der Waals surface area (Å²) in [5.41, 5.74) is 4.92. The number of nitrogens with one attached hydrogen (secondary N) is 1. The number of carbonyl (C=O) groups excluding carboxylic acids is 3. The average Bonchev–Trinajstić information content (AvgIpc) is 3.09. The fourth-order valence-corrected chi connectivity index (χ4v) is 4.04. The van der Waals surface area contributed by atoms with E-state index in [9.17, 15) is 18.8 Å². The number of anilines is 1. The van der Waals surface area contributed by atoms with Crippen LogP contribution in [0.5, 0.6) is 17.2 Å². The van der Waals surface area contributed by atoms with Gasteiger partial charge >= 0.3 is 0 Å². The molecule has 1 aliphatic rings. The Labute approximate surface area is 207 Å². The van der Waals surface area contributed by atoms with E-state index in [1.807, 2.05) is 0 Å². The molecule has 0 saturated carbocycles. The number of fused-ring (bicyclic) bond motifs is 1. The first-order valence-electron chi connectivity index (χ1n) is 11.1. The molecule has 0 bridgehead atoms. The van der Waals surface area contributed by atoms with E-state index in [0.717, 1.165) is 6.07 Å². The Morgan fingerprint density at radius 2 is 1.89 bits per heavy atom. The Morgan fingerprint density at radius 3 is 2.50 bits per heavy atom. The third-order valence-electron chi connectivity index (χ3n) is 5.75. The highest BCUT2D eigenvalue weighted by atomic mass is 19.1. The zero-order valence-corrected chi connectivity index (χ0v) is 20.2. The van der Waals surface area contributed by atoms with E-state index >= 15 is 0 Å². The lowest BCUT2D eigenvalue weighted by Crippen LogP contribution is -2.38. The van der Waals surface area contributed by atoms with Crippen LogP contribution in [0.25, 0.3) is 0 Å². The standard InChI is InChI=1S/C26H25FN4O5/c1-26(2)22(24(33)30-20-11-8-14(13-29-20)23(28)32)21-18(6-5-7-19(21)36-26)35-15-9-10-16(17(27)12-15)25(34)31(3)4/h5-13,22H,1-4H3,(H2,28,32)(H,29,30,33). The van der Waals surface area contributed by atoms with Crippen LogP contribution in [0.15, 0.2) is 54.7 Å². The van der Waals surface area contributed by atoms with Crippen LogP contribution in [0.2, 0.25) is 0 Å². The molecule has 3 aromatic rings. The third kappa shape index (κ3) is 4.70. The highest BCUT2D eigenvalue weighted by Crippen LogP contribution is 2.50. The van der Waals surface area contributed by atoms with Gasteiger partial charge in [-0.15, -0.1) is 0 Å². The minimum Gasteiger partial charge on any atom is -0.486 e. The molecule has 186 valence electrons. The minimum atomic E-state index is -0.938.